The van der Waals surface area contributed by atoms with E-state index in [0.29, 0.717) is 11.6 Å². The molecule has 0 amide bonds. The van der Waals surface area contributed by atoms with Crippen LogP contribution in [0, 0.1) is 13.8 Å². The number of pyridine rings is 1. The van der Waals surface area contributed by atoms with Gasteiger partial charge in [0.1, 0.15) is 11.3 Å². The zero-order chi connectivity index (χ0) is 14.0. The molecule has 1 aromatic heterocycles. The molecule has 0 aliphatic rings. The molecule has 0 atom stereocenters. The highest BCUT2D eigenvalue weighted by atomic mass is 79.9. The zero-order valence-corrected chi connectivity index (χ0v) is 12.1. The van der Waals surface area contributed by atoms with Crippen molar-refractivity contribution >= 4 is 21.9 Å². The predicted octanol–water partition coefficient (Wildman–Crippen LogP) is 3.95. The lowest BCUT2D eigenvalue weighted by Crippen LogP contribution is -2.02. The van der Waals surface area contributed by atoms with Crippen LogP contribution < -0.4 is 4.74 Å². The molecule has 0 spiro atoms. The van der Waals surface area contributed by atoms with Gasteiger partial charge in [-0.2, -0.15) is 0 Å². The Balaban J connectivity index is 2.42. The third-order valence-electron chi connectivity index (χ3n) is 2.64. The molecule has 0 unspecified atom stereocenters. The summed E-state index contributed by atoms with van der Waals surface area (Å²) in [6, 6.07) is 8.50. The van der Waals surface area contributed by atoms with E-state index in [1.807, 2.05) is 13.0 Å². The van der Waals surface area contributed by atoms with Crippen molar-refractivity contribution in [2.24, 2.45) is 0 Å². The Labute approximate surface area is 119 Å². The SMILES string of the molecule is Cc1cccc(C(=O)O)c1Oc1ccc(Br)c(C)n1. The van der Waals surface area contributed by atoms with Crippen LogP contribution in [0.25, 0.3) is 0 Å². The Morgan fingerprint density at radius 2 is 2.00 bits per heavy atom. The first kappa shape index (κ1) is 13.5. The number of para-hydroxylation sites is 1. The number of hydrogen-bond acceptors (Lipinski definition) is 3. The second-order valence-corrected chi connectivity index (χ2v) is 4.93. The standard InChI is InChI=1S/C14H12BrNO3/c1-8-4-3-5-10(14(17)18)13(8)19-12-7-6-11(15)9(2)16-12/h3-7H,1-2H3,(H,17,18). The third kappa shape index (κ3) is 2.93. The number of aryl methyl sites for hydroxylation is 2. The number of aromatic nitrogens is 1. The fourth-order valence-electron chi connectivity index (χ4n) is 1.64. The van der Waals surface area contributed by atoms with E-state index in [1.165, 1.54) is 6.07 Å². The minimum Gasteiger partial charge on any atom is -0.478 e. The number of carboxylic acid groups (broad SMARTS) is 1. The highest BCUT2D eigenvalue weighted by Gasteiger charge is 2.14. The minimum atomic E-state index is -1.02. The summed E-state index contributed by atoms with van der Waals surface area (Å²) in [5.74, 6) is -0.325. The van der Waals surface area contributed by atoms with Gasteiger partial charge in [-0.1, -0.05) is 12.1 Å². The molecule has 0 aliphatic carbocycles. The van der Waals surface area contributed by atoms with Crippen LogP contribution in [0.4, 0.5) is 0 Å². The van der Waals surface area contributed by atoms with Crippen LogP contribution in [0.3, 0.4) is 0 Å². The first-order chi connectivity index (χ1) is 8.99. The van der Waals surface area contributed by atoms with E-state index in [9.17, 15) is 4.79 Å². The lowest BCUT2D eigenvalue weighted by Gasteiger charge is -2.11. The topological polar surface area (TPSA) is 59.4 Å². The van der Waals surface area contributed by atoms with Crippen LogP contribution >= 0.6 is 15.9 Å². The molecule has 4 nitrogen and oxygen atoms in total. The van der Waals surface area contributed by atoms with Gasteiger partial charge < -0.3 is 9.84 Å². The van der Waals surface area contributed by atoms with E-state index < -0.39 is 5.97 Å². The molecule has 2 aromatic rings. The van der Waals surface area contributed by atoms with Gasteiger partial charge in [0.15, 0.2) is 0 Å². The molecular formula is C14H12BrNO3. The quantitative estimate of drug-likeness (QED) is 0.929. The van der Waals surface area contributed by atoms with Gasteiger partial charge in [0.2, 0.25) is 5.88 Å². The first-order valence-corrected chi connectivity index (χ1v) is 6.42. The third-order valence-corrected chi connectivity index (χ3v) is 3.48. The summed E-state index contributed by atoms with van der Waals surface area (Å²) in [6.07, 6.45) is 0. The molecular weight excluding hydrogens is 310 g/mol. The van der Waals surface area contributed by atoms with Crippen LogP contribution in [0.2, 0.25) is 0 Å². The molecule has 1 N–H and O–H groups in total. The summed E-state index contributed by atoms with van der Waals surface area (Å²) in [6.45, 7) is 3.64. The number of rotatable bonds is 3. The molecule has 0 radical (unpaired) electrons. The van der Waals surface area contributed by atoms with Crippen LogP contribution in [-0.2, 0) is 0 Å². The maximum absolute atomic E-state index is 11.2. The van der Waals surface area contributed by atoms with Gasteiger partial charge in [-0.15, -0.1) is 0 Å². The van der Waals surface area contributed by atoms with E-state index in [-0.39, 0.29) is 5.56 Å². The molecule has 0 saturated carbocycles. The fraction of sp³-hybridized carbons (Fsp3) is 0.143. The molecule has 0 aliphatic heterocycles. The van der Waals surface area contributed by atoms with Crippen molar-refractivity contribution in [1.82, 2.24) is 4.98 Å². The van der Waals surface area contributed by atoms with Gasteiger partial charge in [0.05, 0.1) is 5.69 Å². The van der Waals surface area contributed by atoms with Gasteiger partial charge in [-0.3, -0.25) is 0 Å². The highest BCUT2D eigenvalue weighted by molar-refractivity contribution is 9.10. The molecule has 0 fully saturated rings. The second-order valence-electron chi connectivity index (χ2n) is 4.08. The van der Waals surface area contributed by atoms with E-state index in [1.54, 1.807) is 25.1 Å². The van der Waals surface area contributed by atoms with Gasteiger partial charge in [0.25, 0.3) is 0 Å². The normalized spacial score (nSPS) is 10.3. The molecule has 5 heteroatoms. The predicted molar refractivity (Wildman–Crippen MR) is 74.9 cm³/mol. The number of halogens is 1. The Morgan fingerprint density at radius 1 is 1.26 bits per heavy atom. The number of ether oxygens (including phenoxy) is 1. The molecule has 98 valence electrons. The van der Waals surface area contributed by atoms with Crippen LogP contribution in [-0.4, -0.2) is 16.1 Å². The Kier molecular flexibility index (Phi) is 3.85. The number of nitrogens with zero attached hydrogens (tertiary/aromatic N) is 1. The minimum absolute atomic E-state index is 0.127. The highest BCUT2D eigenvalue weighted by Crippen LogP contribution is 2.29. The van der Waals surface area contributed by atoms with Crippen LogP contribution in [0.1, 0.15) is 21.6 Å². The summed E-state index contributed by atoms with van der Waals surface area (Å²) in [5.41, 5.74) is 1.66. The van der Waals surface area contributed by atoms with Crippen molar-refractivity contribution in [1.29, 1.82) is 0 Å². The summed E-state index contributed by atoms with van der Waals surface area (Å²) < 4.78 is 6.50. The smallest absolute Gasteiger partial charge is 0.339 e. The summed E-state index contributed by atoms with van der Waals surface area (Å²) in [4.78, 5) is 15.4. The van der Waals surface area contributed by atoms with Gasteiger partial charge in [0, 0.05) is 10.5 Å². The number of benzene rings is 1. The van der Waals surface area contributed by atoms with Crippen molar-refractivity contribution in [3.8, 4) is 11.6 Å². The van der Waals surface area contributed by atoms with Gasteiger partial charge >= 0.3 is 5.97 Å². The molecule has 0 bridgehead atoms. The second kappa shape index (κ2) is 5.40. The Hall–Kier alpha value is -1.88. The van der Waals surface area contributed by atoms with Crippen molar-refractivity contribution < 1.29 is 14.6 Å². The Morgan fingerprint density at radius 3 is 2.63 bits per heavy atom. The van der Waals surface area contributed by atoms with Crippen LogP contribution in [0.5, 0.6) is 11.6 Å². The fourth-order valence-corrected chi connectivity index (χ4v) is 1.86. The lowest BCUT2D eigenvalue weighted by molar-refractivity contribution is 0.0694. The lowest BCUT2D eigenvalue weighted by atomic mass is 10.1. The van der Waals surface area contributed by atoms with Crippen molar-refractivity contribution in [3.05, 3.63) is 51.6 Å². The van der Waals surface area contributed by atoms with Crippen LogP contribution in [0.15, 0.2) is 34.8 Å². The van der Waals surface area contributed by atoms with E-state index in [2.05, 4.69) is 20.9 Å². The van der Waals surface area contributed by atoms with Crippen molar-refractivity contribution in [2.75, 3.05) is 0 Å². The molecule has 1 heterocycles. The van der Waals surface area contributed by atoms with Gasteiger partial charge in [-0.05, 0) is 47.5 Å². The maximum atomic E-state index is 11.2. The van der Waals surface area contributed by atoms with Crippen molar-refractivity contribution in [3.63, 3.8) is 0 Å². The first-order valence-electron chi connectivity index (χ1n) is 5.63. The molecule has 19 heavy (non-hydrogen) atoms. The number of aromatic carboxylic acids is 1. The van der Waals surface area contributed by atoms with Gasteiger partial charge in [-0.25, -0.2) is 9.78 Å². The van der Waals surface area contributed by atoms with Crippen molar-refractivity contribution in [2.45, 2.75) is 13.8 Å². The summed E-state index contributed by atoms with van der Waals surface area (Å²) in [5, 5.41) is 9.16. The largest absolute Gasteiger partial charge is 0.478 e. The Bertz CT molecular complexity index is 641. The summed E-state index contributed by atoms with van der Waals surface area (Å²) >= 11 is 3.35. The zero-order valence-electron chi connectivity index (χ0n) is 10.5. The number of hydrogen-bond donors (Lipinski definition) is 1. The maximum Gasteiger partial charge on any atom is 0.339 e. The van der Waals surface area contributed by atoms with E-state index >= 15 is 0 Å². The summed E-state index contributed by atoms with van der Waals surface area (Å²) in [7, 11) is 0. The monoisotopic (exact) mass is 321 g/mol. The molecule has 0 saturated heterocycles. The average molecular weight is 322 g/mol. The number of carboxylic acids is 1. The molecule has 2 rings (SSSR count). The molecule has 1 aromatic carbocycles. The van der Waals surface area contributed by atoms with E-state index in [4.69, 9.17) is 9.84 Å². The average Bonchev–Trinajstić information content (AvgIpc) is 2.36. The number of carbonyl (C=O) groups is 1. The van der Waals surface area contributed by atoms with E-state index in [0.717, 1.165) is 15.7 Å².